The lowest BCUT2D eigenvalue weighted by Gasteiger charge is -2.26. The Bertz CT molecular complexity index is 1520. The van der Waals surface area contributed by atoms with Crippen LogP contribution in [-0.2, 0) is 4.79 Å². The summed E-state index contributed by atoms with van der Waals surface area (Å²) in [6.07, 6.45) is 4.55. The van der Waals surface area contributed by atoms with Crippen LogP contribution < -0.4 is 20.3 Å². The van der Waals surface area contributed by atoms with Crippen LogP contribution in [0.25, 0.3) is 16.7 Å². The Labute approximate surface area is 221 Å². The Hall–Kier alpha value is -4.95. The zero-order valence-corrected chi connectivity index (χ0v) is 21.8. The number of rotatable bonds is 10. The molecule has 4 aromatic rings. The monoisotopic (exact) mass is 511 g/mol. The second kappa shape index (κ2) is 11.4. The van der Waals surface area contributed by atoms with E-state index in [-0.39, 0.29) is 5.91 Å². The van der Waals surface area contributed by atoms with Gasteiger partial charge in [0, 0.05) is 43.9 Å². The number of carbonyl (C=O) groups excluding carboxylic acids is 1. The second-order valence-corrected chi connectivity index (χ2v) is 8.79. The Morgan fingerprint density at radius 1 is 1.18 bits per heavy atom. The molecule has 0 aliphatic carbocycles. The van der Waals surface area contributed by atoms with Crippen LogP contribution in [0.3, 0.4) is 0 Å². The summed E-state index contributed by atoms with van der Waals surface area (Å²) in [6.45, 7) is 5.12. The van der Waals surface area contributed by atoms with Gasteiger partial charge in [-0.05, 0) is 44.4 Å². The first-order chi connectivity index (χ1) is 18.3. The molecule has 0 saturated carbocycles. The van der Waals surface area contributed by atoms with Crippen LogP contribution >= 0.6 is 0 Å². The molecular formula is C27H29N9O2. The Balaban J connectivity index is 1.70. The molecule has 0 aliphatic rings. The van der Waals surface area contributed by atoms with Gasteiger partial charge in [0.1, 0.15) is 5.75 Å². The lowest BCUT2D eigenvalue weighted by atomic mass is 10.2. The quantitative estimate of drug-likeness (QED) is 0.308. The van der Waals surface area contributed by atoms with Gasteiger partial charge >= 0.3 is 0 Å². The van der Waals surface area contributed by atoms with E-state index in [0.717, 1.165) is 29.7 Å². The number of anilines is 4. The molecule has 0 bridgehead atoms. The van der Waals surface area contributed by atoms with Crippen molar-refractivity contribution in [3.63, 3.8) is 0 Å². The number of likely N-dealkylation sites (N-methyl/N-ethyl adjacent to an activating group) is 2. The number of benzene rings is 2. The molecule has 0 atom stereocenters. The van der Waals surface area contributed by atoms with E-state index in [1.54, 1.807) is 48.5 Å². The molecule has 0 saturated heterocycles. The van der Waals surface area contributed by atoms with E-state index in [1.165, 1.54) is 6.08 Å². The summed E-state index contributed by atoms with van der Waals surface area (Å²) in [5.41, 5.74) is 3.21. The summed E-state index contributed by atoms with van der Waals surface area (Å²) >= 11 is 0. The highest BCUT2D eigenvalue weighted by atomic mass is 16.5. The van der Waals surface area contributed by atoms with Crippen LogP contribution in [0.15, 0.2) is 61.4 Å². The van der Waals surface area contributed by atoms with Gasteiger partial charge in [-0.2, -0.15) is 15.3 Å². The lowest BCUT2D eigenvalue weighted by molar-refractivity contribution is -0.111. The van der Waals surface area contributed by atoms with Gasteiger partial charge in [-0.1, -0.05) is 6.58 Å². The first kappa shape index (κ1) is 26.1. The van der Waals surface area contributed by atoms with Crippen LogP contribution in [0.5, 0.6) is 5.75 Å². The third kappa shape index (κ3) is 5.71. The maximum absolute atomic E-state index is 12.2. The van der Waals surface area contributed by atoms with Crippen molar-refractivity contribution in [1.29, 1.82) is 5.26 Å². The minimum Gasteiger partial charge on any atom is -0.494 e. The maximum Gasteiger partial charge on any atom is 0.247 e. The van der Waals surface area contributed by atoms with Gasteiger partial charge in [-0.3, -0.25) is 4.79 Å². The van der Waals surface area contributed by atoms with E-state index >= 15 is 0 Å². The molecule has 1 amide bonds. The number of nitrogens with zero attached hydrogens (tertiary/aromatic N) is 7. The van der Waals surface area contributed by atoms with Crippen molar-refractivity contribution in [3.05, 3.63) is 67.0 Å². The maximum atomic E-state index is 12.2. The third-order valence-corrected chi connectivity index (χ3v) is 5.86. The van der Waals surface area contributed by atoms with E-state index in [0.29, 0.717) is 34.5 Å². The molecule has 194 valence electrons. The largest absolute Gasteiger partial charge is 0.494 e. The van der Waals surface area contributed by atoms with E-state index < -0.39 is 0 Å². The summed E-state index contributed by atoms with van der Waals surface area (Å²) in [6, 6.07) is 12.9. The molecule has 0 fully saturated rings. The average Bonchev–Trinajstić information content (AvgIpc) is 3.35. The fourth-order valence-corrected chi connectivity index (χ4v) is 3.82. The molecule has 2 aromatic heterocycles. The van der Waals surface area contributed by atoms with Gasteiger partial charge in [-0.25, -0.2) is 9.67 Å². The Morgan fingerprint density at radius 3 is 2.71 bits per heavy atom. The number of methoxy groups -OCH3 is 1. The SMILES string of the molecule is C=CC(=O)Nc1cc(Nc2nccc(-n3ncc4ccc(C#N)cc43)n2)c(OC)cc1N(C)CCN(C)C. The first-order valence-electron chi connectivity index (χ1n) is 11.8. The van der Waals surface area contributed by atoms with Gasteiger partial charge in [0.15, 0.2) is 5.82 Å². The molecule has 2 heterocycles. The summed E-state index contributed by atoms with van der Waals surface area (Å²) in [5.74, 6) is 1.04. The topological polar surface area (TPSA) is 124 Å². The third-order valence-electron chi connectivity index (χ3n) is 5.86. The zero-order valence-electron chi connectivity index (χ0n) is 21.8. The smallest absolute Gasteiger partial charge is 0.247 e. The van der Waals surface area contributed by atoms with E-state index in [1.807, 2.05) is 38.2 Å². The summed E-state index contributed by atoms with van der Waals surface area (Å²) in [5, 5.41) is 20.7. The van der Waals surface area contributed by atoms with Crippen LogP contribution in [0.2, 0.25) is 0 Å². The lowest BCUT2D eigenvalue weighted by Crippen LogP contribution is -2.29. The highest BCUT2D eigenvalue weighted by Gasteiger charge is 2.17. The molecular weight excluding hydrogens is 482 g/mol. The van der Waals surface area contributed by atoms with Crippen molar-refractivity contribution in [2.24, 2.45) is 0 Å². The van der Waals surface area contributed by atoms with Crippen molar-refractivity contribution < 1.29 is 9.53 Å². The number of aromatic nitrogens is 4. The molecule has 4 rings (SSSR count). The molecule has 11 nitrogen and oxygen atoms in total. The van der Waals surface area contributed by atoms with Crippen LogP contribution in [0.1, 0.15) is 5.56 Å². The standard InChI is InChI=1S/C27H29N9O2/c1-6-26(37)31-20-14-21(24(38-5)15-23(20)35(4)12-11-34(2)3)32-27-29-10-9-25(33-27)36-22-13-18(16-28)7-8-19(22)17-30-36/h6-10,13-15,17H,1,11-12H2,2-5H3,(H,31,37)(H,29,32,33). The van der Waals surface area contributed by atoms with Gasteiger partial charge in [0.25, 0.3) is 0 Å². The van der Waals surface area contributed by atoms with E-state index in [4.69, 9.17) is 4.74 Å². The van der Waals surface area contributed by atoms with E-state index in [2.05, 4.69) is 43.2 Å². The van der Waals surface area contributed by atoms with Gasteiger partial charge in [-0.15, -0.1) is 0 Å². The van der Waals surface area contributed by atoms with Gasteiger partial charge in [0.2, 0.25) is 11.9 Å². The van der Waals surface area contributed by atoms with Crippen LogP contribution in [0.4, 0.5) is 23.0 Å². The Kier molecular flexibility index (Phi) is 7.84. The minimum atomic E-state index is -0.330. The van der Waals surface area contributed by atoms with Gasteiger partial charge < -0.3 is 25.2 Å². The summed E-state index contributed by atoms with van der Waals surface area (Å²) < 4.78 is 7.32. The molecule has 0 aliphatic heterocycles. The molecule has 38 heavy (non-hydrogen) atoms. The number of fused-ring (bicyclic) bond motifs is 1. The van der Waals surface area contributed by atoms with Gasteiger partial charge in [0.05, 0.1) is 47.5 Å². The number of ether oxygens (including phenoxy) is 1. The number of carbonyl (C=O) groups is 1. The highest BCUT2D eigenvalue weighted by molar-refractivity contribution is 6.02. The predicted octanol–water partition coefficient (Wildman–Crippen LogP) is 3.56. The molecule has 11 heteroatoms. The average molecular weight is 512 g/mol. The van der Waals surface area contributed by atoms with Crippen molar-refractivity contribution in [3.8, 4) is 17.6 Å². The second-order valence-electron chi connectivity index (χ2n) is 8.79. The molecule has 2 aromatic carbocycles. The molecule has 0 radical (unpaired) electrons. The fraction of sp³-hybridized carbons (Fsp3) is 0.222. The summed E-state index contributed by atoms with van der Waals surface area (Å²) in [7, 11) is 7.54. The normalized spacial score (nSPS) is 10.7. The molecule has 2 N–H and O–H groups in total. The van der Waals surface area contributed by atoms with Crippen molar-refractivity contribution >= 4 is 39.8 Å². The molecule has 0 unspecified atom stereocenters. The number of hydrogen-bond donors (Lipinski definition) is 2. The number of nitrogens with one attached hydrogen (secondary N) is 2. The number of hydrogen-bond acceptors (Lipinski definition) is 9. The fourth-order valence-electron chi connectivity index (χ4n) is 3.82. The van der Waals surface area contributed by atoms with Crippen molar-refractivity contribution in [1.82, 2.24) is 24.6 Å². The minimum absolute atomic E-state index is 0.301. The zero-order chi connectivity index (χ0) is 27.2. The predicted molar refractivity (Wildman–Crippen MR) is 148 cm³/mol. The Morgan fingerprint density at radius 2 is 2.00 bits per heavy atom. The molecule has 0 spiro atoms. The summed E-state index contributed by atoms with van der Waals surface area (Å²) in [4.78, 5) is 25.3. The first-order valence-corrected chi connectivity index (χ1v) is 11.8. The van der Waals surface area contributed by atoms with Crippen LogP contribution in [0, 0.1) is 11.3 Å². The van der Waals surface area contributed by atoms with Crippen LogP contribution in [-0.4, -0.2) is 71.9 Å². The highest BCUT2D eigenvalue weighted by Crippen LogP contribution is 2.38. The van der Waals surface area contributed by atoms with E-state index in [9.17, 15) is 10.1 Å². The van der Waals surface area contributed by atoms with Crippen molar-refractivity contribution in [2.45, 2.75) is 0 Å². The number of nitriles is 1. The number of amides is 1. The van der Waals surface area contributed by atoms with Crippen molar-refractivity contribution in [2.75, 3.05) is 56.9 Å².